The van der Waals surface area contributed by atoms with Crippen LogP contribution in [-0.2, 0) is 5.41 Å². The third-order valence-corrected chi connectivity index (χ3v) is 18.3. The fraction of sp³-hybridized carbons (Fsp3) is 0.585. The van der Waals surface area contributed by atoms with Gasteiger partial charge < -0.3 is 14.5 Å². The lowest BCUT2D eigenvalue weighted by Gasteiger charge is -2.42. The molecule has 4 aliphatic rings. The number of fused-ring (bicyclic) bond motifs is 4. The highest BCUT2D eigenvalue weighted by Gasteiger charge is 2.55. The Morgan fingerprint density at radius 1 is 0.702 bits per heavy atom. The number of benzene rings is 3. The Hall–Kier alpha value is -3.08. The molecule has 2 fully saturated rings. The van der Waals surface area contributed by atoms with Gasteiger partial charge in [0.05, 0.1) is 18.6 Å². The zero-order valence-electron chi connectivity index (χ0n) is 37.3. The Bertz CT molecular complexity index is 1810. The van der Waals surface area contributed by atoms with Crippen molar-refractivity contribution in [3.8, 4) is 11.5 Å². The maximum absolute atomic E-state index is 6.58. The molecule has 0 saturated heterocycles. The molecule has 0 radical (unpaired) electrons. The van der Waals surface area contributed by atoms with Crippen molar-refractivity contribution >= 4 is 13.8 Å². The first-order valence-corrected chi connectivity index (χ1v) is 26.4. The van der Waals surface area contributed by atoms with Crippen LogP contribution in [0.5, 0.6) is 11.5 Å². The number of nitrogens with one attached hydrogen (secondary N) is 1. The summed E-state index contributed by atoms with van der Waals surface area (Å²) in [6.07, 6.45) is 23.5. The van der Waals surface area contributed by atoms with Gasteiger partial charge in [-0.05, 0) is 139 Å². The Kier molecular flexibility index (Phi) is 13.3. The average Bonchev–Trinajstić information content (AvgIpc) is 3.67. The van der Waals surface area contributed by atoms with Gasteiger partial charge in [-0.25, -0.2) is 0 Å². The van der Waals surface area contributed by atoms with Crippen molar-refractivity contribution in [1.82, 2.24) is 4.98 Å². The zero-order valence-corrected chi connectivity index (χ0v) is 38.3. The van der Waals surface area contributed by atoms with E-state index in [2.05, 4.69) is 127 Å². The molecule has 4 heteroatoms. The van der Waals surface area contributed by atoms with Gasteiger partial charge in [-0.3, -0.25) is 0 Å². The van der Waals surface area contributed by atoms with Crippen LogP contribution in [0.4, 0.5) is 0 Å². The molecule has 0 heterocycles. The van der Waals surface area contributed by atoms with Gasteiger partial charge in [0.2, 0.25) is 0 Å². The zero-order chi connectivity index (χ0) is 40.3. The molecule has 4 aliphatic carbocycles. The molecule has 0 bridgehead atoms. The first-order chi connectivity index (χ1) is 27.5. The summed E-state index contributed by atoms with van der Waals surface area (Å²) in [4.78, 5) is 4.40. The number of rotatable bonds is 17. The molecular weight excluding hydrogens is 711 g/mol. The molecule has 57 heavy (non-hydrogen) atoms. The number of hydrogen-bond acceptors (Lipinski definition) is 3. The van der Waals surface area contributed by atoms with E-state index >= 15 is 0 Å². The highest BCUT2D eigenvalue weighted by Crippen LogP contribution is 2.64. The first kappa shape index (κ1) is 42.1. The van der Waals surface area contributed by atoms with Gasteiger partial charge in [-0.15, -0.1) is 0 Å². The van der Waals surface area contributed by atoms with E-state index in [1.807, 2.05) is 0 Å². The molecule has 4 unspecified atom stereocenters. The first-order valence-electron chi connectivity index (χ1n) is 23.3. The summed E-state index contributed by atoms with van der Waals surface area (Å²) in [7, 11) is -1.76. The molecule has 1 N–H and O–H groups in total. The number of unbranched alkanes of at least 4 members (excludes halogenated alkanes) is 6. The molecule has 7 rings (SSSR count). The summed E-state index contributed by atoms with van der Waals surface area (Å²) in [5.41, 5.74) is 13.8. The van der Waals surface area contributed by atoms with Gasteiger partial charge in [0.1, 0.15) is 19.7 Å². The average molecular weight is 786 g/mol. The Balaban J connectivity index is 1.35. The second-order valence-electron chi connectivity index (χ2n) is 19.3. The van der Waals surface area contributed by atoms with Crippen LogP contribution in [0.25, 0.3) is 5.57 Å². The van der Waals surface area contributed by atoms with Crippen LogP contribution in [0.1, 0.15) is 155 Å². The molecule has 308 valence electrons. The molecular formula is C53H75NO2Si. The van der Waals surface area contributed by atoms with Gasteiger partial charge in [0.15, 0.2) is 0 Å². The normalized spacial score (nSPS) is 22.8. The third-order valence-electron chi connectivity index (χ3n) is 14.5. The molecule has 2 saturated carbocycles. The van der Waals surface area contributed by atoms with Crippen LogP contribution in [0.3, 0.4) is 0 Å². The van der Waals surface area contributed by atoms with Crippen molar-refractivity contribution in [2.45, 2.75) is 168 Å². The van der Waals surface area contributed by atoms with Crippen molar-refractivity contribution in [3.05, 3.63) is 111 Å². The summed E-state index contributed by atoms with van der Waals surface area (Å²) in [6.45, 7) is 23.1. The summed E-state index contributed by atoms with van der Waals surface area (Å²) in [6, 6.07) is 20.1. The van der Waals surface area contributed by atoms with E-state index in [0.29, 0.717) is 29.3 Å². The number of allylic oxidation sites excluding steroid dienone is 4. The van der Waals surface area contributed by atoms with E-state index in [4.69, 9.17) is 9.47 Å². The Morgan fingerprint density at radius 3 is 1.79 bits per heavy atom. The van der Waals surface area contributed by atoms with Gasteiger partial charge >= 0.3 is 0 Å². The lowest BCUT2D eigenvalue weighted by molar-refractivity contribution is 0.301. The number of aryl methyl sites for hydroxylation is 4. The quantitative estimate of drug-likeness (QED) is 0.109. The minimum absolute atomic E-state index is 0.438. The number of ether oxygens (including phenoxy) is 2. The van der Waals surface area contributed by atoms with Crippen molar-refractivity contribution in [2.24, 2.45) is 17.8 Å². The molecule has 3 nitrogen and oxygen atoms in total. The Labute approximate surface area is 348 Å². The van der Waals surface area contributed by atoms with Crippen molar-refractivity contribution in [2.75, 3.05) is 13.2 Å². The molecule has 0 aromatic heterocycles. The standard InChI is InChI=1S/C53H75NO2Si/c1-10-12-14-21-27-55-50-36(3)30-42(31-37(50)4)53(43-32-38(5)51(39(6)33-43)56-28-22-15-13-11-2)48-26-20-19-25-45(48)47-35-46-41(34-49(47)53)29-40(7)52(46)57(8,9)54-44-23-17-16-18-24-44/h19-20,25-26,30-35,40-41,44,46,52,54H,10-18,21-24,27-29H2,1-9H3. The fourth-order valence-corrected chi connectivity index (χ4v) is 16.6. The molecule has 0 spiro atoms. The van der Waals surface area contributed by atoms with E-state index in [1.165, 1.54) is 133 Å². The van der Waals surface area contributed by atoms with Crippen molar-refractivity contribution in [1.29, 1.82) is 0 Å². The van der Waals surface area contributed by atoms with Crippen LogP contribution in [-0.4, -0.2) is 27.5 Å². The summed E-state index contributed by atoms with van der Waals surface area (Å²) in [5, 5.41) is 0. The van der Waals surface area contributed by atoms with Crippen LogP contribution < -0.4 is 14.5 Å². The predicted octanol–water partition coefficient (Wildman–Crippen LogP) is 14.3. The minimum atomic E-state index is -1.76. The van der Waals surface area contributed by atoms with Crippen LogP contribution in [0, 0.1) is 45.4 Å². The molecule has 0 aliphatic heterocycles. The summed E-state index contributed by atoms with van der Waals surface area (Å²) in [5.74, 6) is 3.94. The Morgan fingerprint density at radius 2 is 1.25 bits per heavy atom. The second kappa shape index (κ2) is 18.0. The topological polar surface area (TPSA) is 30.5 Å². The van der Waals surface area contributed by atoms with E-state index in [1.54, 1.807) is 0 Å². The van der Waals surface area contributed by atoms with Crippen molar-refractivity contribution in [3.63, 3.8) is 0 Å². The fourth-order valence-electron chi connectivity index (χ4n) is 12.2. The van der Waals surface area contributed by atoms with Crippen LogP contribution >= 0.6 is 0 Å². The highest BCUT2D eigenvalue weighted by atomic mass is 28.3. The molecule has 3 aromatic rings. The largest absolute Gasteiger partial charge is 0.493 e. The predicted molar refractivity (Wildman–Crippen MR) is 245 cm³/mol. The molecule has 3 aromatic carbocycles. The third kappa shape index (κ3) is 8.25. The monoisotopic (exact) mass is 786 g/mol. The van der Waals surface area contributed by atoms with Gasteiger partial charge in [-0.1, -0.05) is 152 Å². The highest BCUT2D eigenvalue weighted by molar-refractivity contribution is 6.76. The van der Waals surface area contributed by atoms with Crippen molar-refractivity contribution < 1.29 is 9.47 Å². The SMILES string of the molecule is CCCCCCOc1c(C)cc(C2(c3cc(C)c(OCCCCCC)c(C)c3)C3=CC4CC(C)C([Si](C)(C)NC5CCCCC5)C4C=C3c3ccccc32)cc1C. The van der Waals surface area contributed by atoms with Crippen LogP contribution in [0.15, 0.2) is 66.3 Å². The smallest absolute Gasteiger partial charge is 0.125 e. The van der Waals surface area contributed by atoms with E-state index < -0.39 is 13.7 Å². The lowest BCUT2D eigenvalue weighted by atomic mass is 9.64. The van der Waals surface area contributed by atoms with Gasteiger partial charge in [0.25, 0.3) is 0 Å². The van der Waals surface area contributed by atoms with Crippen LogP contribution in [0.2, 0.25) is 18.6 Å². The van der Waals surface area contributed by atoms with Gasteiger partial charge in [-0.2, -0.15) is 0 Å². The number of hydrogen-bond donors (Lipinski definition) is 1. The maximum Gasteiger partial charge on any atom is 0.125 e. The minimum Gasteiger partial charge on any atom is -0.493 e. The van der Waals surface area contributed by atoms with E-state index in [-0.39, 0.29) is 0 Å². The van der Waals surface area contributed by atoms with E-state index in [9.17, 15) is 0 Å². The maximum atomic E-state index is 6.58. The lowest BCUT2D eigenvalue weighted by Crippen LogP contribution is -2.56. The van der Waals surface area contributed by atoms with Gasteiger partial charge in [0, 0.05) is 6.04 Å². The summed E-state index contributed by atoms with van der Waals surface area (Å²) < 4.78 is 13.2. The van der Waals surface area contributed by atoms with E-state index in [0.717, 1.165) is 37.6 Å². The second-order valence-corrected chi connectivity index (χ2v) is 23.7. The molecule has 0 amide bonds. The summed E-state index contributed by atoms with van der Waals surface area (Å²) >= 11 is 0. The molecule has 4 atom stereocenters.